The van der Waals surface area contributed by atoms with E-state index in [1.165, 1.54) is 12.1 Å². The summed E-state index contributed by atoms with van der Waals surface area (Å²) in [7, 11) is -0.981. The Kier molecular flexibility index (Phi) is 6.01. The number of aromatic nitrogens is 1. The minimum Gasteiger partial charge on any atom is -0.398 e. The Labute approximate surface area is 192 Å². The highest BCUT2D eigenvalue weighted by atomic mass is 32.3. The number of hydrogen-bond acceptors (Lipinski definition) is 2. The van der Waals surface area contributed by atoms with Gasteiger partial charge in [-0.05, 0) is 60.1 Å². The predicted molar refractivity (Wildman–Crippen MR) is 138 cm³/mol. The topological polar surface area (TPSA) is 70.9 Å². The number of anilines is 1. The molecule has 1 aromatic heterocycles. The second-order valence-electron chi connectivity index (χ2n) is 9.66. The molecule has 2 unspecified atom stereocenters. The number of carbonyl (C=O) groups is 1. The molecule has 4 rings (SSSR count). The van der Waals surface area contributed by atoms with Gasteiger partial charge < -0.3 is 16.0 Å². The SMILES string of the molecule is CCCC(C)Cc1[nH]c2ccccc2c1C1NC(=O)c2cc(C#CS(C)(C)C)c(N)cc21. The van der Waals surface area contributed by atoms with Crippen LogP contribution in [0.15, 0.2) is 36.4 Å². The fraction of sp³-hybridized carbons (Fsp3) is 0.370. The number of benzene rings is 2. The molecular weight excluding hydrogens is 414 g/mol. The van der Waals surface area contributed by atoms with Gasteiger partial charge in [-0.3, -0.25) is 4.79 Å². The number of rotatable bonds is 5. The number of fused-ring (bicyclic) bond motifs is 2. The highest BCUT2D eigenvalue weighted by Gasteiger charge is 2.34. The van der Waals surface area contributed by atoms with E-state index in [1.54, 1.807) is 0 Å². The summed E-state index contributed by atoms with van der Waals surface area (Å²) in [5.41, 5.74) is 12.9. The molecule has 0 bridgehead atoms. The first-order chi connectivity index (χ1) is 15.2. The standard InChI is InChI=1S/C27H33N3OS/c1-6-9-17(2)14-24-25(19-10-7-8-11-23(19)29-24)26-20-16-22(28)18(12-13-32(3,4)5)15-21(20)27(31)30-26/h7-8,10-11,15-17,26,29H,6,9,14,28H2,1-5H3,(H,30,31). The summed E-state index contributed by atoms with van der Waals surface area (Å²) in [6.45, 7) is 4.51. The van der Waals surface area contributed by atoms with Gasteiger partial charge in [0.05, 0.1) is 6.04 Å². The number of aromatic amines is 1. The zero-order chi connectivity index (χ0) is 23.0. The van der Waals surface area contributed by atoms with Gasteiger partial charge in [-0.1, -0.05) is 50.8 Å². The minimum atomic E-state index is -0.981. The van der Waals surface area contributed by atoms with E-state index in [1.807, 2.05) is 18.2 Å². The van der Waals surface area contributed by atoms with Gasteiger partial charge in [-0.25, -0.2) is 0 Å². The minimum absolute atomic E-state index is 0.0611. The van der Waals surface area contributed by atoms with Crippen LogP contribution in [-0.4, -0.2) is 29.7 Å². The lowest BCUT2D eigenvalue weighted by Crippen LogP contribution is -2.21. The second-order valence-corrected chi connectivity index (χ2v) is 13.5. The van der Waals surface area contributed by atoms with E-state index in [0.29, 0.717) is 17.2 Å². The largest absolute Gasteiger partial charge is 0.398 e. The van der Waals surface area contributed by atoms with Crippen molar-refractivity contribution in [1.29, 1.82) is 0 Å². The van der Waals surface area contributed by atoms with Crippen molar-refractivity contribution in [3.05, 3.63) is 64.3 Å². The number of amides is 1. The molecule has 2 atom stereocenters. The molecule has 2 aromatic carbocycles. The first-order valence-corrected chi connectivity index (χ1v) is 14.1. The predicted octanol–water partition coefficient (Wildman–Crippen LogP) is 5.56. The van der Waals surface area contributed by atoms with Gasteiger partial charge >= 0.3 is 0 Å². The van der Waals surface area contributed by atoms with Gasteiger partial charge in [0.25, 0.3) is 5.91 Å². The van der Waals surface area contributed by atoms with Gasteiger partial charge in [0, 0.05) is 39.0 Å². The third-order valence-corrected chi connectivity index (χ3v) is 6.71. The number of hydrogen-bond donors (Lipinski definition) is 3. The number of carbonyl (C=O) groups excluding carboxylic acids is 1. The molecule has 2 heterocycles. The first-order valence-electron chi connectivity index (χ1n) is 11.2. The Morgan fingerprint density at radius 1 is 1.19 bits per heavy atom. The van der Waals surface area contributed by atoms with Gasteiger partial charge in [0.2, 0.25) is 0 Å². The molecule has 0 saturated heterocycles. The van der Waals surface area contributed by atoms with E-state index in [9.17, 15) is 4.79 Å². The normalized spacial score (nSPS) is 16.9. The smallest absolute Gasteiger partial charge is 0.252 e. The number of para-hydroxylation sites is 1. The summed E-state index contributed by atoms with van der Waals surface area (Å²) in [5, 5.41) is 7.69. The van der Waals surface area contributed by atoms with E-state index >= 15 is 0 Å². The van der Waals surface area contributed by atoms with E-state index in [2.05, 4.69) is 72.3 Å². The zero-order valence-electron chi connectivity index (χ0n) is 19.6. The maximum atomic E-state index is 13.0. The monoisotopic (exact) mass is 447 g/mol. The Balaban J connectivity index is 1.82. The van der Waals surface area contributed by atoms with Crippen LogP contribution in [0, 0.1) is 17.1 Å². The molecule has 1 aliphatic heterocycles. The molecule has 32 heavy (non-hydrogen) atoms. The highest BCUT2D eigenvalue weighted by molar-refractivity contribution is 8.35. The van der Waals surface area contributed by atoms with Crippen LogP contribution in [0.2, 0.25) is 0 Å². The maximum absolute atomic E-state index is 13.0. The highest BCUT2D eigenvalue weighted by Crippen LogP contribution is 2.40. The van der Waals surface area contributed by atoms with Crippen molar-refractivity contribution >= 4 is 32.5 Å². The third-order valence-electron chi connectivity index (χ3n) is 6.00. The first kappa shape index (κ1) is 22.4. The maximum Gasteiger partial charge on any atom is 0.252 e. The summed E-state index contributed by atoms with van der Waals surface area (Å²) < 4.78 is 0. The van der Waals surface area contributed by atoms with Crippen molar-refractivity contribution in [2.45, 2.75) is 39.2 Å². The van der Waals surface area contributed by atoms with Gasteiger partial charge in [0.1, 0.15) is 0 Å². The lowest BCUT2D eigenvalue weighted by molar-refractivity contribution is 0.0960. The van der Waals surface area contributed by atoms with Crippen LogP contribution in [0.1, 0.15) is 65.5 Å². The summed E-state index contributed by atoms with van der Waals surface area (Å²) in [4.78, 5) is 16.6. The molecule has 4 N–H and O–H groups in total. The molecule has 5 heteroatoms. The van der Waals surface area contributed by atoms with Crippen LogP contribution in [0.5, 0.6) is 0 Å². The number of nitrogen functional groups attached to an aromatic ring is 1. The van der Waals surface area contributed by atoms with Crippen molar-refractivity contribution in [3.63, 3.8) is 0 Å². The second kappa shape index (κ2) is 8.60. The Morgan fingerprint density at radius 3 is 2.66 bits per heavy atom. The fourth-order valence-corrected chi connectivity index (χ4v) is 4.97. The summed E-state index contributed by atoms with van der Waals surface area (Å²) in [5.74, 6) is 3.71. The molecule has 0 spiro atoms. The van der Waals surface area contributed by atoms with Crippen molar-refractivity contribution in [2.75, 3.05) is 24.5 Å². The van der Waals surface area contributed by atoms with E-state index in [-0.39, 0.29) is 11.9 Å². The average Bonchev–Trinajstić information content (AvgIpc) is 3.22. The quantitative estimate of drug-likeness (QED) is 0.354. The zero-order valence-corrected chi connectivity index (χ0v) is 20.5. The summed E-state index contributed by atoms with van der Waals surface area (Å²) in [6.07, 6.45) is 9.72. The van der Waals surface area contributed by atoms with Gasteiger partial charge in [-0.15, -0.1) is 0 Å². The van der Waals surface area contributed by atoms with Crippen LogP contribution in [0.3, 0.4) is 0 Å². The molecule has 0 aliphatic carbocycles. The molecule has 0 radical (unpaired) electrons. The number of nitrogens with two attached hydrogens (primary N) is 1. The molecule has 0 saturated carbocycles. The van der Waals surface area contributed by atoms with E-state index < -0.39 is 10.0 Å². The van der Waals surface area contributed by atoms with Crippen LogP contribution in [-0.2, 0) is 6.42 Å². The van der Waals surface area contributed by atoms with E-state index in [0.717, 1.165) is 40.4 Å². The third kappa shape index (κ3) is 4.38. The lowest BCUT2D eigenvalue weighted by atomic mass is 9.91. The van der Waals surface area contributed by atoms with Crippen molar-refractivity contribution in [2.24, 2.45) is 5.92 Å². The molecule has 4 nitrogen and oxygen atoms in total. The van der Waals surface area contributed by atoms with Gasteiger partial charge in [0.15, 0.2) is 0 Å². The molecular formula is C27H33N3OS. The molecule has 1 aliphatic rings. The Hall–Kier alpha value is -2.84. The molecule has 0 fully saturated rings. The Morgan fingerprint density at radius 2 is 1.94 bits per heavy atom. The molecule has 3 aromatic rings. The molecule has 168 valence electrons. The molecule has 1 amide bonds. The van der Waals surface area contributed by atoms with Gasteiger partial charge in [-0.2, -0.15) is 10.0 Å². The van der Waals surface area contributed by atoms with E-state index in [4.69, 9.17) is 5.73 Å². The number of nitrogens with one attached hydrogen (secondary N) is 2. The van der Waals surface area contributed by atoms with Crippen molar-refractivity contribution < 1.29 is 4.79 Å². The van der Waals surface area contributed by atoms with Crippen molar-refractivity contribution in [1.82, 2.24) is 10.3 Å². The number of H-pyrrole nitrogens is 1. The summed E-state index contributed by atoms with van der Waals surface area (Å²) in [6, 6.07) is 11.9. The van der Waals surface area contributed by atoms with Crippen LogP contribution >= 0.6 is 10.0 Å². The lowest BCUT2D eigenvalue weighted by Gasteiger charge is -2.17. The van der Waals surface area contributed by atoms with Crippen molar-refractivity contribution in [3.8, 4) is 11.2 Å². The Bertz CT molecular complexity index is 1240. The summed E-state index contributed by atoms with van der Waals surface area (Å²) >= 11 is 0. The van der Waals surface area contributed by atoms with Crippen LogP contribution in [0.25, 0.3) is 10.9 Å². The fourth-order valence-electron chi connectivity index (χ4n) is 4.55. The van der Waals surface area contributed by atoms with Crippen LogP contribution < -0.4 is 11.1 Å². The average molecular weight is 448 g/mol. The van der Waals surface area contributed by atoms with Crippen LogP contribution in [0.4, 0.5) is 5.69 Å².